The molecule has 1 heterocycles. The van der Waals surface area contributed by atoms with Crippen molar-refractivity contribution in [3.63, 3.8) is 0 Å². The molecule has 0 saturated heterocycles. The molecular weight excluding hydrogens is 264 g/mol. The SMILES string of the molecule is Cc1cc(C)cc(OCCn2cc(CNC(C)C)nn2)c1. The van der Waals surface area contributed by atoms with Gasteiger partial charge in [0.1, 0.15) is 12.4 Å². The van der Waals surface area contributed by atoms with Gasteiger partial charge >= 0.3 is 0 Å². The molecule has 0 fully saturated rings. The van der Waals surface area contributed by atoms with Gasteiger partial charge in [0.15, 0.2) is 0 Å². The van der Waals surface area contributed by atoms with E-state index in [2.05, 4.69) is 49.4 Å². The van der Waals surface area contributed by atoms with E-state index in [4.69, 9.17) is 4.74 Å². The zero-order chi connectivity index (χ0) is 15.2. The molecule has 0 spiro atoms. The monoisotopic (exact) mass is 288 g/mol. The smallest absolute Gasteiger partial charge is 0.119 e. The van der Waals surface area contributed by atoms with Crippen molar-refractivity contribution in [2.24, 2.45) is 0 Å². The largest absolute Gasteiger partial charge is 0.492 e. The Labute approximate surface area is 126 Å². The summed E-state index contributed by atoms with van der Waals surface area (Å²) in [5.41, 5.74) is 3.38. The normalized spacial score (nSPS) is 11.1. The lowest BCUT2D eigenvalue weighted by molar-refractivity contribution is 0.289. The highest BCUT2D eigenvalue weighted by Gasteiger charge is 2.02. The molecule has 1 aromatic carbocycles. The Hall–Kier alpha value is -1.88. The third-order valence-electron chi connectivity index (χ3n) is 3.06. The Morgan fingerprint density at radius 3 is 2.57 bits per heavy atom. The fourth-order valence-electron chi connectivity index (χ4n) is 2.11. The number of hydrogen-bond acceptors (Lipinski definition) is 4. The molecule has 114 valence electrons. The Bertz CT molecular complexity index is 557. The Kier molecular flexibility index (Phi) is 5.33. The first-order chi connectivity index (χ1) is 10.0. The molecule has 0 unspecified atom stereocenters. The second kappa shape index (κ2) is 7.22. The van der Waals surface area contributed by atoms with Crippen LogP contribution in [0.1, 0.15) is 30.7 Å². The lowest BCUT2D eigenvalue weighted by Gasteiger charge is -2.08. The average molecular weight is 288 g/mol. The van der Waals surface area contributed by atoms with Crippen LogP contribution in [0.4, 0.5) is 0 Å². The molecule has 0 radical (unpaired) electrons. The molecule has 5 nitrogen and oxygen atoms in total. The summed E-state index contributed by atoms with van der Waals surface area (Å²) in [6.45, 7) is 10.4. The molecule has 1 aromatic heterocycles. The molecule has 0 amide bonds. The van der Waals surface area contributed by atoms with Crippen molar-refractivity contribution in [3.05, 3.63) is 41.2 Å². The molecular formula is C16H24N4O. The van der Waals surface area contributed by atoms with Gasteiger partial charge in [-0.25, -0.2) is 4.68 Å². The van der Waals surface area contributed by atoms with Gasteiger partial charge in [0.05, 0.1) is 12.2 Å². The van der Waals surface area contributed by atoms with Gasteiger partial charge < -0.3 is 10.1 Å². The lowest BCUT2D eigenvalue weighted by atomic mass is 10.1. The van der Waals surface area contributed by atoms with Crippen molar-refractivity contribution in [2.75, 3.05) is 6.61 Å². The summed E-state index contributed by atoms with van der Waals surface area (Å²) in [4.78, 5) is 0. The summed E-state index contributed by atoms with van der Waals surface area (Å²) in [5.74, 6) is 0.911. The fraction of sp³-hybridized carbons (Fsp3) is 0.500. The van der Waals surface area contributed by atoms with Gasteiger partial charge in [-0.1, -0.05) is 25.1 Å². The topological polar surface area (TPSA) is 52.0 Å². The van der Waals surface area contributed by atoms with Crippen LogP contribution in [-0.4, -0.2) is 27.6 Å². The van der Waals surface area contributed by atoms with E-state index in [1.165, 1.54) is 11.1 Å². The summed E-state index contributed by atoms with van der Waals surface area (Å²) >= 11 is 0. The number of nitrogens with one attached hydrogen (secondary N) is 1. The quantitative estimate of drug-likeness (QED) is 0.850. The third kappa shape index (κ3) is 5.19. The van der Waals surface area contributed by atoms with E-state index >= 15 is 0 Å². The van der Waals surface area contributed by atoms with Crippen LogP contribution < -0.4 is 10.1 Å². The number of ether oxygens (including phenoxy) is 1. The van der Waals surface area contributed by atoms with E-state index in [0.29, 0.717) is 19.2 Å². The molecule has 0 atom stereocenters. The minimum absolute atomic E-state index is 0.447. The molecule has 5 heteroatoms. The molecule has 0 bridgehead atoms. The standard InChI is InChI=1S/C16H24N4O/c1-12(2)17-10-15-11-20(19-18-15)5-6-21-16-8-13(3)7-14(4)9-16/h7-9,11-12,17H,5-6,10H2,1-4H3. The minimum atomic E-state index is 0.447. The molecule has 2 aromatic rings. The molecule has 2 rings (SSSR count). The Morgan fingerprint density at radius 2 is 1.90 bits per heavy atom. The summed E-state index contributed by atoms with van der Waals surface area (Å²) in [5, 5.41) is 11.6. The predicted molar refractivity (Wildman–Crippen MR) is 83.4 cm³/mol. The van der Waals surface area contributed by atoms with Gasteiger partial charge in [-0.05, 0) is 37.1 Å². The first-order valence-electron chi connectivity index (χ1n) is 7.36. The summed E-state index contributed by atoms with van der Waals surface area (Å²) in [6, 6.07) is 6.68. The highest BCUT2D eigenvalue weighted by Crippen LogP contribution is 2.16. The highest BCUT2D eigenvalue weighted by molar-refractivity contribution is 5.32. The van der Waals surface area contributed by atoms with Crippen molar-refractivity contribution >= 4 is 0 Å². The van der Waals surface area contributed by atoms with E-state index in [1.54, 1.807) is 0 Å². The fourth-order valence-corrected chi connectivity index (χ4v) is 2.11. The number of benzene rings is 1. The van der Waals surface area contributed by atoms with Crippen molar-refractivity contribution in [1.82, 2.24) is 20.3 Å². The van der Waals surface area contributed by atoms with E-state index in [-0.39, 0.29) is 0 Å². The maximum absolute atomic E-state index is 5.77. The maximum atomic E-state index is 5.77. The number of hydrogen-bond donors (Lipinski definition) is 1. The summed E-state index contributed by atoms with van der Waals surface area (Å²) in [6.07, 6.45) is 1.96. The van der Waals surface area contributed by atoms with Crippen LogP contribution in [0.3, 0.4) is 0 Å². The van der Waals surface area contributed by atoms with Crippen LogP contribution in [0.5, 0.6) is 5.75 Å². The first kappa shape index (κ1) is 15.5. The molecule has 0 saturated carbocycles. The van der Waals surface area contributed by atoms with E-state index < -0.39 is 0 Å². The number of rotatable bonds is 7. The lowest BCUT2D eigenvalue weighted by Crippen LogP contribution is -2.21. The van der Waals surface area contributed by atoms with E-state index in [1.807, 2.05) is 23.0 Å². The number of aryl methyl sites for hydroxylation is 2. The molecule has 1 N–H and O–H groups in total. The van der Waals surface area contributed by atoms with Crippen LogP contribution >= 0.6 is 0 Å². The summed E-state index contributed by atoms with van der Waals surface area (Å²) in [7, 11) is 0. The van der Waals surface area contributed by atoms with Gasteiger partial charge in [-0.15, -0.1) is 5.10 Å². The molecule has 0 aliphatic rings. The minimum Gasteiger partial charge on any atom is -0.492 e. The van der Waals surface area contributed by atoms with E-state index in [9.17, 15) is 0 Å². The van der Waals surface area contributed by atoms with Gasteiger partial charge in [0.2, 0.25) is 0 Å². The number of nitrogens with zero attached hydrogens (tertiary/aromatic N) is 3. The second-order valence-corrected chi connectivity index (χ2v) is 5.68. The van der Waals surface area contributed by atoms with Crippen LogP contribution in [0.25, 0.3) is 0 Å². The van der Waals surface area contributed by atoms with Crippen LogP contribution in [0, 0.1) is 13.8 Å². The molecule has 21 heavy (non-hydrogen) atoms. The van der Waals surface area contributed by atoms with E-state index in [0.717, 1.165) is 18.0 Å². The second-order valence-electron chi connectivity index (χ2n) is 5.68. The van der Waals surface area contributed by atoms with Crippen molar-refractivity contribution in [1.29, 1.82) is 0 Å². The Balaban J connectivity index is 1.80. The average Bonchev–Trinajstić information content (AvgIpc) is 2.83. The predicted octanol–water partition coefficient (Wildman–Crippen LogP) is 2.47. The number of aromatic nitrogens is 3. The van der Waals surface area contributed by atoms with Gasteiger partial charge in [-0.2, -0.15) is 0 Å². The van der Waals surface area contributed by atoms with Crippen molar-refractivity contribution < 1.29 is 4.74 Å². The van der Waals surface area contributed by atoms with Crippen molar-refractivity contribution in [2.45, 2.75) is 46.8 Å². The highest BCUT2D eigenvalue weighted by atomic mass is 16.5. The molecule has 0 aliphatic heterocycles. The zero-order valence-electron chi connectivity index (χ0n) is 13.3. The first-order valence-corrected chi connectivity index (χ1v) is 7.36. The van der Waals surface area contributed by atoms with Crippen LogP contribution in [0.2, 0.25) is 0 Å². The van der Waals surface area contributed by atoms with Gasteiger partial charge in [-0.3, -0.25) is 0 Å². The third-order valence-corrected chi connectivity index (χ3v) is 3.06. The zero-order valence-corrected chi connectivity index (χ0v) is 13.3. The van der Waals surface area contributed by atoms with Crippen LogP contribution in [0.15, 0.2) is 24.4 Å². The summed E-state index contributed by atoms with van der Waals surface area (Å²) < 4.78 is 7.59. The van der Waals surface area contributed by atoms with Crippen molar-refractivity contribution in [3.8, 4) is 5.75 Å². The van der Waals surface area contributed by atoms with Gasteiger partial charge in [0.25, 0.3) is 0 Å². The Morgan fingerprint density at radius 1 is 1.19 bits per heavy atom. The van der Waals surface area contributed by atoms with Gasteiger partial charge in [0, 0.05) is 18.8 Å². The van der Waals surface area contributed by atoms with Crippen LogP contribution in [-0.2, 0) is 13.1 Å². The molecule has 0 aliphatic carbocycles. The maximum Gasteiger partial charge on any atom is 0.119 e.